The second kappa shape index (κ2) is 3.21. The number of aliphatic hydroxyl groups excluding tert-OH is 1. The Bertz CT molecular complexity index is 257. The Labute approximate surface area is 92.7 Å². The fourth-order valence-corrected chi connectivity index (χ4v) is 3.76. The first-order chi connectivity index (χ1) is 6.85. The fourth-order valence-electron chi connectivity index (χ4n) is 3.76. The minimum absolute atomic E-state index is 0.154. The van der Waals surface area contributed by atoms with Crippen molar-refractivity contribution < 1.29 is 10.2 Å². The lowest BCUT2D eigenvalue weighted by molar-refractivity contribution is -0.114. The van der Waals surface area contributed by atoms with Gasteiger partial charge < -0.3 is 10.2 Å². The molecule has 2 nitrogen and oxygen atoms in total. The molecule has 2 aliphatic carbocycles. The largest absolute Gasteiger partial charge is 0.396 e. The zero-order valence-electron chi connectivity index (χ0n) is 10.2. The summed E-state index contributed by atoms with van der Waals surface area (Å²) in [5.74, 6) is 0.487. The Morgan fingerprint density at radius 3 is 2.27 bits per heavy atom. The number of hydrogen-bond donors (Lipinski definition) is 2. The van der Waals surface area contributed by atoms with Crippen LogP contribution in [-0.4, -0.2) is 22.4 Å². The van der Waals surface area contributed by atoms with Crippen LogP contribution in [0.4, 0.5) is 0 Å². The smallest absolute Gasteiger partial charge is 0.0733 e. The molecule has 0 spiro atoms. The first kappa shape index (κ1) is 11.4. The van der Waals surface area contributed by atoms with Crippen molar-refractivity contribution in [3.63, 3.8) is 0 Å². The minimum Gasteiger partial charge on any atom is -0.396 e. The molecule has 2 N–H and O–H groups in total. The van der Waals surface area contributed by atoms with E-state index >= 15 is 0 Å². The highest BCUT2D eigenvalue weighted by atomic mass is 16.3. The molecule has 2 heteroatoms. The molecule has 0 aromatic rings. The highest BCUT2D eigenvalue weighted by Gasteiger charge is 2.64. The molecule has 15 heavy (non-hydrogen) atoms. The Kier molecular flexibility index (Phi) is 2.44. The van der Waals surface area contributed by atoms with Crippen LogP contribution in [0, 0.1) is 16.7 Å². The Balaban J connectivity index is 2.19. The summed E-state index contributed by atoms with van der Waals surface area (Å²) in [5.41, 5.74) is -0.551. The van der Waals surface area contributed by atoms with Crippen molar-refractivity contribution in [1.29, 1.82) is 0 Å². The van der Waals surface area contributed by atoms with Crippen LogP contribution >= 0.6 is 0 Å². The summed E-state index contributed by atoms with van der Waals surface area (Å²) >= 11 is 0. The third kappa shape index (κ3) is 1.62. The molecule has 88 valence electrons. The normalized spacial score (nSPS) is 49.0. The summed E-state index contributed by atoms with van der Waals surface area (Å²) in [6.45, 7) is 6.76. The van der Waals surface area contributed by atoms with Gasteiger partial charge in [-0.25, -0.2) is 0 Å². The maximum atomic E-state index is 10.8. The number of rotatable bonds is 2. The van der Waals surface area contributed by atoms with E-state index in [9.17, 15) is 10.2 Å². The summed E-state index contributed by atoms with van der Waals surface area (Å²) in [7, 11) is 0. The van der Waals surface area contributed by atoms with Gasteiger partial charge in [-0.2, -0.15) is 0 Å². The molecule has 0 radical (unpaired) electrons. The predicted molar refractivity (Wildman–Crippen MR) is 60.5 cm³/mol. The number of aliphatic hydroxyl groups is 2. The quantitative estimate of drug-likeness (QED) is 0.737. The second-order valence-electron chi connectivity index (χ2n) is 6.65. The maximum absolute atomic E-state index is 10.8. The molecule has 0 bridgehead atoms. The average molecular weight is 212 g/mol. The van der Waals surface area contributed by atoms with E-state index in [-0.39, 0.29) is 17.4 Å². The van der Waals surface area contributed by atoms with Crippen LogP contribution < -0.4 is 0 Å². The van der Waals surface area contributed by atoms with E-state index in [4.69, 9.17) is 0 Å². The van der Waals surface area contributed by atoms with Gasteiger partial charge in [-0.15, -0.1) is 0 Å². The molecule has 0 heterocycles. The second-order valence-corrected chi connectivity index (χ2v) is 6.65. The molecule has 0 aromatic carbocycles. The van der Waals surface area contributed by atoms with Crippen LogP contribution in [0.5, 0.6) is 0 Å². The van der Waals surface area contributed by atoms with Gasteiger partial charge in [-0.05, 0) is 37.0 Å². The van der Waals surface area contributed by atoms with Crippen LogP contribution in [-0.2, 0) is 0 Å². The summed E-state index contributed by atoms with van der Waals surface area (Å²) in [4.78, 5) is 0. The van der Waals surface area contributed by atoms with E-state index in [1.165, 1.54) is 6.42 Å². The van der Waals surface area contributed by atoms with Crippen molar-refractivity contribution in [2.24, 2.45) is 16.7 Å². The summed E-state index contributed by atoms with van der Waals surface area (Å²) in [6.07, 6.45) is 5.02. The van der Waals surface area contributed by atoms with Gasteiger partial charge in [0.25, 0.3) is 0 Å². The van der Waals surface area contributed by atoms with E-state index in [0.717, 1.165) is 25.7 Å². The first-order valence-electron chi connectivity index (χ1n) is 6.19. The van der Waals surface area contributed by atoms with Crippen molar-refractivity contribution >= 4 is 0 Å². The van der Waals surface area contributed by atoms with Crippen molar-refractivity contribution in [2.75, 3.05) is 6.61 Å². The molecule has 0 saturated heterocycles. The van der Waals surface area contributed by atoms with Gasteiger partial charge in [-0.1, -0.05) is 27.2 Å². The molecular formula is C13H24O2. The van der Waals surface area contributed by atoms with E-state index < -0.39 is 5.60 Å². The van der Waals surface area contributed by atoms with Gasteiger partial charge >= 0.3 is 0 Å². The van der Waals surface area contributed by atoms with E-state index in [1.54, 1.807) is 0 Å². The monoisotopic (exact) mass is 212 g/mol. The topological polar surface area (TPSA) is 40.5 Å². The summed E-state index contributed by atoms with van der Waals surface area (Å²) < 4.78 is 0. The van der Waals surface area contributed by atoms with Crippen LogP contribution in [0.15, 0.2) is 0 Å². The molecular weight excluding hydrogens is 188 g/mol. The van der Waals surface area contributed by atoms with Crippen LogP contribution in [0.1, 0.15) is 52.9 Å². The van der Waals surface area contributed by atoms with Gasteiger partial charge in [0.1, 0.15) is 0 Å². The lowest BCUT2D eigenvalue weighted by Crippen LogP contribution is -2.48. The van der Waals surface area contributed by atoms with E-state index in [2.05, 4.69) is 20.8 Å². The third-order valence-corrected chi connectivity index (χ3v) is 4.88. The molecule has 2 aliphatic rings. The van der Waals surface area contributed by atoms with Crippen molar-refractivity contribution in [1.82, 2.24) is 0 Å². The van der Waals surface area contributed by atoms with E-state index in [1.807, 2.05) is 0 Å². The van der Waals surface area contributed by atoms with Crippen molar-refractivity contribution in [3.8, 4) is 0 Å². The van der Waals surface area contributed by atoms with Crippen LogP contribution in [0.2, 0.25) is 0 Å². The minimum atomic E-state index is -0.608. The molecule has 0 amide bonds. The molecule has 0 aliphatic heterocycles. The molecule has 3 atom stereocenters. The van der Waals surface area contributed by atoms with Gasteiger partial charge in [0, 0.05) is 5.41 Å². The van der Waals surface area contributed by atoms with Gasteiger partial charge in [0.15, 0.2) is 0 Å². The summed E-state index contributed by atoms with van der Waals surface area (Å²) in [5, 5.41) is 20.4. The molecule has 2 rings (SSSR count). The van der Waals surface area contributed by atoms with Crippen LogP contribution in [0.25, 0.3) is 0 Å². The van der Waals surface area contributed by atoms with Gasteiger partial charge in [0.05, 0.1) is 12.2 Å². The zero-order chi connectivity index (χ0) is 11.3. The molecule has 2 fully saturated rings. The first-order valence-corrected chi connectivity index (χ1v) is 6.19. The molecule has 3 unspecified atom stereocenters. The Morgan fingerprint density at radius 2 is 1.87 bits per heavy atom. The highest BCUT2D eigenvalue weighted by molar-refractivity contribution is 5.14. The molecule has 2 saturated carbocycles. The zero-order valence-corrected chi connectivity index (χ0v) is 10.2. The van der Waals surface area contributed by atoms with Crippen molar-refractivity contribution in [2.45, 2.75) is 58.5 Å². The predicted octanol–water partition coefficient (Wildman–Crippen LogP) is 2.34. The van der Waals surface area contributed by atoms with Gasteiger partial charge in [0.2, 0.25) is 0 Å². The summed E-state index contributed by atoms with van der Waals surface area (Å²) in [6, 6.07) is 0. The van der Waals surface area contributed by atoms with E-state index in [0.29, 0.717) is 5.92 Å². The maximum Gasteiger partial charge on any atom is 0.0733 e. The Hall–Kier alpha value is -0.0800. The fraction of sp³-hybridized carbons (Fsp3) is 1.00. The lowest BCUT2D eigenvalue weighted by atomic mass is 9.63. The average Bonchev–Trinajstić information content (AvgIpc) is 2.76. The Morgan fingerprint density at radius 1 is 1.27 bits per heavy atom. The third-order valence-electron chi connectivity index (χ3n) is 4.88. The molecule has 0 aromatic heterocycles. The lowest BCUT2D eigenvalue weighted by Gasteiger charge is -2.46. The van der Waals surface area contributed by atoms with Crippen molar-refractivity contribution in [3.05, 3.63) is 0 Å². The van der Waals surface area contributed by atoms with Gasteiger partial charge in [-0.3, -0.25) is 0 Å². The SMILES string of the molecule is CC1CC1(CO)C1(O)CCCC(C)(C)C1. The number of hydrogen-bond acceptors (Lipinski definition) is 2. The highest BCUT2D eigenvalue weighted by Crippen LogP contribution is 2.64. The van der Waals surface area contributed by atoms with Crippen LogP contribution in [0.3, 0.4) is 0 Å². The standard InChI is InChI=1S/C13H24O2/c1-10-7-12(10,9-14)13(15)6-4-5-11(2,3)8-13/h10,14-15H,4-9H2,1-3H3.